The molecule has 0 spiro atoms. The summed E-state index contributed by atoms with van der Waals surface area (Å²) in [5.41, 5.74) is 1.79. The molecule has 0 aliphatic rings. The molecule has 5 nitrogen and oxygen atoms in total. The molecule has 0 aromatic heterocycles. The van der Waals surface area contributed by atoms with Crippen LogP contribution in [0.25, 0.3) is 0 Å². The van der Waals surface area contributed by atoms with E-state index in [1.165, 1.54) is 26.1 Å². The number of carbonyl (C=O) groups is 1. The van der Waals surface area contributed by atoms with Crippen molar-refractivity contribution in [3.63, 3.8) is 0 Å². The number of aliphatic hydroxyl groups is 1. The normalized spacial score (nSPS) is 11.5. The molecule has 0 saturated heterocycles. The fourth-order valence-electron chi connectivity index (χ4n) is 1.79. The van der Waals surface area contributed by atoms with Gasteiger partial charge in [0.25, 0.3) is 5.91 Å². The lowest BCUT2D eigenvalue weighted by atomic mass is 10.1. The molecule has 0 atom stereocenters. The van der Waals surface area contributed by atoms with Crippen molar-refractivity contribution in [2.24, 2.45) is 5.10 Å². The van der Waals surface area contributed by atoms with Crippen LogP contribution < -0.4 is 10.2 Å². The SMILES string of the molecule is CC(C)(O)C(=O)N/N=C/c1ccccc1OCc1ccccc1F. The molecule has 2 aromatic carbocycles. The highest BCUT2D eigenvalue weighted by Crippen LogP contribution is 2.18. The first-order valence-corrected chi connectivity index (χ1v) is 7.39. The highest BCUT2D eigenvalue weighted by Gasteiger charge is 2.22. The first-order chi connectivity index (χ1) is 11.4. The Balaban J connectivity index is 2.05. The molecule has 0 aliphatic heterocycles. The average molecular weight is 330 g/mol. The maximum absolute atomic E-state index is 13.6. The minimum Gasteiger partial charge on any atom is -0.488 e. The van der Waals surface area contributed by atoms with Crippen LogP contribution >= 0.6 is 0 Å². The minimum absolute atomic E-state index is 0.0769. The van der Waals surface area contributed by atoms with Crippen molar-refractivity contribution in [3.05, 3.63) is 65.5 Å². The van der Waals surface area contributed by atoms with Crippen molar-refractivity contribution in [3.8, 4) is 5.75 Å². The number of hydrogen-bond acceptors (Lipinski definition) is 4. The fraction of sp³-hybridized carbons (Fsp3) is 0.222. The summed E-state index contributed by atoms with van der Waals surface area (Å²) in [5, 5.41) is 13.3. The molecule has 1 amide bonds. The Bertz CT molecular complexity index is 739. The zero-order valence-corrected chi connectivity index (χ0v) is 13.5. The largest absolute Gasteiger partial charge is 0.488 e. The van der Waals surface area contributed by atoms with E-state index in [-0.39, 0.29) is 12.4 Å². The van der Waals surface area contributed by atoms with Gasteiger partial charge in [-0.05, 0) is 32.0 Å². The Hall–Kier alpha value is -2.73. The van der Waals surface area contributed by atoms with Crippen LogP contribution in [-0.2, 0) is 11.4 Å². The highest BCUT2D eigenvalue weighted by molar-refractivity contribution is 5.87. The number of para-hydroxylation sites is 1. The molecule has 0 unspecified atom stereocenters. The highest BCUT2D eigenvalue weighted by atomic mass is 19.1. The van der Waals surface area contributed by atoms with Gasteiger partial charge >= 0.3 is 0 Å². The van der Waals surface area contributed by atoms with Crippen molar-refractivity contribution in [2.75, 3.05) is 0 Å². The van der Waals surface area contributed by atoms with Gasteiger partial charge in [0, 0.05) is 11.1 Å². The lowest BCUT2D eigenvalue weighted by Gasteiger charge is -2.13. The fourth-order valence-corrected chi connectivity index (χ4v) is 1.79. The number of amides is 1. The van der Waals surface area contributed by atoms with Crippen molar-refractivity contribution in [1.29, 1.82) is 0 Å². The summed E-state index contributed by atoms with van der Waals surface area (Å²) in [6, 6.07) is 13.4. The second-order valence-electron chi connectivity index (χ2n) is 5.68. The van der Waals surface area contributed by atoms with Gasteiger partial charge in [-0.25, -0.2) is 9.82 Å². The molecule has 0 saturated carbocycles. The molecule has 0 radical (unpaired) electrons. The van der Waals surface area contributed by atoms with Crippen LogP contribution in [0.15, 0.2) is 53.6 Å². The molecule has 24 heavy (non-hydrogen) atoms. The lowest BCUT2D eigenvalue weighted by Crippen LogP contribution is -2.39. The van der Waals surface area contributed by atoms with Gasteiger partial charge in [-0.2, -0.15) is 5.10 Å². The van der Waals surface area contributed by atoms with E-state index in [9.17, 15) is 14.3 Å². The smallest absolute Gasteiger partial charge is 0.271 e. The Morgan fingerprint density at radius 3 is 2.62 bits per heavy atom. The average Bonchev–Trinajstić information content (AvgIpc) is 2.54. The predicted molar refractivity (Wildman–Crippen MR) is 89.2 cm³/mol. The van der Waals surface area contributed by atoms with Crippen molar-refractivity contribution in [2.45, 2.75) is 26.1 Å². The van der Waals surface area contributed by atoms with E-state index in [4.69, 9.17) is 4.74 Å². The number of carbonyl (C=O) groups excluding carboxylic acids is 1. The maximum atomic E-state index is 13.6. The first-order valence-electron chi connectivity index (χ1n) is 7.39. The summed E-state index contributed by atoms with van der Waals surface area (Å²) in [6.07, 6.45) is 1.40. The van der Waals surface area contributed by atoms with Crippen LogP contribution in [0.2, 0.25) is 0 Å². The van der Waals surface area contributed by atoms with Crippen LogP contribution in [0.3, 0.4) is 0 Å². The third kappa shape index (κ3) is 4.89. The molecule has 6 heteroatoms. The van der Waals surface area contributed by atoms with E-state index < -0.39 is 11.5 Å². The van der Waals surface area contributed by atoms with Gasteiger partial charge in [0.05, 0.1) is 6.21 Å². The summed E-state index contributed by atoms with van der Waals surface area (Å²) in [4.78, 5) is 11.5. The number of benzene rings is 2. The number of ether oxygens (including phenoxy) is 1. The van der Waals surface area contributed by atoms with Crippen LogP contribution in [0.4, 0.5) is 4.39 Å². The Labute approximate surface area is 139 Å². The van der Waals surface area contributed by atoms with Crippen LogP contribution in [0, 0.1) is 5.82 Å². The summed E-state index contributed by atoms with van der Waals surface area (Å²) in [7, 11) is 0. The van der Waals surface area contributed by atoms with Gasteiger partial charge in [-0.15, -0.1) is 0 Å². The predicted octanol–water partition coefficient (Wildman–Crippen LogP) is 2.63. The van der Waals surface area contributed by atoms with E-state index in [0.717, 1.165) is 0 Å². The van der Waals surface area contributed by atoms with E-state index in [0.29, 0.717) is 16.9 Å². The van der Waals surface area contributed by atoms with Gasteiger partial charge in [-0.3, -0.25) is 4.79 Å². The lowest BCUT2D eigenvalue weighted by molar-refractivity contribution is -0.136. The van der Waals surface area contributed by atoms with Crippen molar-refractivity contribution < 1.29 is 19.0 Å². The molecule has 126 valence electrons. The second kappa shape index (κ2) is 7.70. The monoisotopic (exact) mass is 330 g/mol. The summed E-state index contributed by atoms with van der Waals surface area (Å²) < 4.78 is 19.3. The minimum atomic E-state index is -1.52. The standard InChI is InChI=1S/C18H19FN2O3/c1-18(2,23)17(22)21-20-11-13-7-4-6-10-16(13)24-12-14-8-3-5-9-15(14)19/h3-11,23H,12H2,1-2H3,(H,21,22)/b20-11+. The van der Waals surface area contributed by atoms with E-state index in [1.807, 2.05) is 0 Å². The van der Waals surface area contributed by atoms with Crippen LogP contribution in [-0.4, -0.2) is 22.8 Å². The molecular weight excluding hydrogens is 311 g/mol. The summed E-state index contributed by atoms with van der Waals surface area (Å²) >= 11 is 0. The number of halogens is 1. The number of nitrogens with zero attached hydrogens (tertiary/aromatic N) is 1. The first kappa shape index (κ1) is 17.6. The zero-order valence-electron chi connectivity index (χ0n) is 13.5. The van der Waals surface area contributed by atoms with Gasteiger partial charge in [0.2, 0.25) is 0 Å². The van der Waals surface area contributed by atoms with E-state index >= 15 is 0 Å². The second-order valence-corrected chi connectivity index (χ2v) is 5.68. The van der Waals surface area contributed by atoms with Gasteiger partial charge in [0.1, 0.15) is 23.8 Å². The molecule has 2 N–H and O–H groups in total. The van der Waals surface area contributed by atoms with Gasteiger partial charge in [-0.1, -0.05) is 30.3 Å². The molecule has 0 aliphatic carbocycles. The molecule has 0 fully saturated rings. The zero-order chi connectivity index (χ0) is 17.6. The third-order valence-corrected chi connectivity index (χ3v) is 3.19. The van der Waals surface area contributed by atoms with E-state index in [2.05, 4.69) is 10.5 Å². The summed E-state index contributed by atoms with van der Waals surface area (Å²) in [6.45, 7) is 2.81. The van der Waals surface area contributed by atoms with E-state index in [1.54, 1.807) is 42.5 Å². The Morgan fingerprint density at radius 2 is 1.92 bits per heavy atom. The van der Waals surface area contributed by atoms with Crippen molar-refractivity contribution in [1.82, 2.24) is 5.43 Å². The Morgan fingerprint density at radius 1 is 1.25 bits per heavy atom. The Kier molecular flexibility index (Phi) is 5.65. The topological polar surface area (TPSA) is 70.9 Å². The van der Waals surface area contributed by atoms with Crippen LogP contribution in [0.5, 0.6) is 5.75 Å². The molecule has 0 bridgehead atoms. The van der Waals surface area contributed by atoms with Crippen LogP contribution in [0.1, 0.15) is 25.0 Å². The summed E-state index contributed by atoms with van der Waals surface area (Å²) in [5.74, 6) is -0.452. The van der Waals surface area contributed by atoms with Gasteiger partial charge < -0.3 is 9.84 Å². The number of rotatable bonds is 6. The maximum Gasteiger partial charge on any atom is 0.271 e. The number of hydrazone groups is 1. The number of nitrogens with one attached hydrogen (secondary N) is 1. The van der Waals surface area contributed by atoms with Gasteiger partial charge in [0.15, 0.2) is 0 Å². The molecule has 2 aromatic rings. The molecule has 2 rings (SSSR count). The van der Waals surface area contributed by atoms with Crippen molar-refractivity contribution >= 4 is 12.1 Å². The number of hydrogen-bond donors (Lipinski definition) is 2. The quantitative estimate of drug-likeness (QED) is 0.632. The third-order valence-electron chi connectivity index (χ3n) is 3.19. The molecule has 0 heterocycles. The molecular formula is C18H19FN2O3.